The maximum Gasteiger partial charge on any atom is 0.248 e. The van der Waals surface area contributed by atoms with E-state index in [-0.39, 0.29) is 0 Å². The smallest absolute Gasteiger partial charge is 0.248 e. The van der Waals surface area contributed by atoms with Gasteiger partial charge in [0, 0.05) is 17.3 Å². The molecule has 3 N–H and O–H groups in total. The molecule has 0 spiro atoms. The number of amides is 1. The summed E-state index contributed by atoms with van der Waals surface area (Å²) in [5, 5.41) is 9.85. The third-order valence-corrected chi connectivity index (χ3v) is 3.06. The Hall–Kier alpha value is -2.40. The Kier molecular flexibility index (Phi) is 4.23. The van der Waals surface area contributed by atoms with E-state index >= 15 is 0 Å². The topological polar surface area (TPSA) is 85.4 Å². The van der Waals surface area contributed by atoms with E-state index in [1.54, 1.807) is 44.3 Å². The van der Waals surface area contributed by atoms with Gasteiger partial charge < -0.3 is 15.6 Å². The van der Waals surface area contributed by atoms with Crippen LogP contribution in [0.15, 0.2) is 42.6 Å². The summed E-state index contributed by atoms with van der Waals surface area (Å²) in [6.45, 7) is 3.73. The molecular formula is C16H18N2O3. The molecule has 2 aromatic rings. The summed E-state index contributed by atoms with van der Waals surface area (Å²) in [6, 6.07) is 10.2. The first-order valence-corrected chi connectivity index (χ1v) is 6.57. The lowest BCUT2D eigenvalue weighted by Crippen LogP contribution is -2.16. The Morgan fingerprint density at radius 3 is 2.38 bits per heavy atom. The van der Waals surface area contributed by atoms with Crippen molar-refractivity contribution in [1.29, 1.82) is 0 Å². The first-order chi connectivity index (χ1) is 9.86. The van der Waals surface area contributed by atoms with Crippen molar-refractivity contribution in [1.82, 2.24) is 4.98 Å². The largest absolute Gasteiger partial charge is 0.487 e. The quantitative estimate of drug-likeness (QED) is 0.880. The number of nitrogens with two attached hydrogens (primary N) is 1. The molecule has 5 nitrogen and oxygen atoms in total. The predicted molar refractivity (Wildman–Crippen MR) is 78.8 cm³/mol. The number of rotatable bonds is 5. The standard InChI is InChI=1S/C16H18N2O3/c1-16(2,20)12-5-6-13(18-9-12)10-21-14-7-3-11(4-8-14)15(17)19/h3-9,20H,10H2,1-2H3,(H2,17,19). The molecular weight excluding hydrogens is 268 g/mol. The number of primary amides is 1. The molecule has 1 amide bonds. The van der Waals surface area contributed by atoms with Gasteiger partial charge in [-0.1, -0.05) is 6.07 Å². The van der Waals surface area contributed by atoms with Gasteiger partial charge in [-0.25, -0.2) is 0 Å². The number of nitrogens with zero attached hydrogens (tertiary/aromatic N) is 1. The Labute approximate surface area is 123 Å². The fourth-order valence-electron chi connectivity index (χ4n) is 1.74. The van der Waals surface area contributed by atoms with Gasteiger partial charge in [-0.2, -0.15) is 0 Å². The van der Waals surface area contributed by atoms with Crippen LogP contribution < -0.4 is 10.5 Å². The molecule has 0 radical (unpaired) electrons. The molecule has 110 valence electrons. The van der Waals surface area contributed by atoms with Crippen molar-refractivity contribution < 1.29 is 14.6 Å². The molecule has 0 saturated heterocycles. The molecule has 1 aromatic heterocycles. The lowest BCUT2D eigenvalue weighted by Gasteiger charge is -2.17. The summed E-state index contributed by atoms with van der Waals surface area (Å²) in [4.78, 5) is 15.2. The second-order valence-electron chi connectivity index (χ2n) is 5.27. The van der Waals surface area contributed by atoms with Crippen molar-refractivity contribution in [2.75, 3.05) is 0 Å². The van der Waals surface area contributed by atoms with Crippen LogP contribution in [0.3, 0.4) is 0 Å². The third-order valence-electron chi connectivity index (χ3n) is 3.06. The molecule has 0 bridgehead atoms. The zero-order valence-electron chi connectivity index (χ0n) is 12.0. The number of hydrogen-bond donors (Lipinski definition) is 2. The summed E-state index contributed by atoms with van der Waals surface area (Å²) >= 11 is 0. The van der Waals surface area contributed by atoms with Gasteiger partial charge in [-0.3, -0.25) is 9.78 Å². The van der Waals surface area contributed by atoms with Gasteiger partial charge in [0.1, 0.15) is 12.4 Å². The highest BCUT2D eigenvalue weighted by atomic mass is 16.5. The number of ether oxygens (including phenoxy) is 1. The number of hydrogen-bond acceptors (Lipinski definition) is 4. The van der Waals surface area contributed by atoms with E-state index < -0.39 is 11.5 Å². The molecule has 21 heavy (non-hydrogen) atoms. The molecule has 0 unspecified atom stereocenters. The lowest BCUT2D eigenvalue weighted by molar-refractivity contribution is 0.0781. The molecule has 0 aliphatic rings. The average molecular weight is 286 g/mol. The van der Waals surface area contributed by atoms with E-state index in [1.165, 1.54) is 0 Å². The first-order valence-electron chi connectivity index (χ1n) is 6.57. The van der Waals surface area contributed by atoms with E-state index in [9.17, 15) is 9.90 Å². The molecule has 5 heteroatoms. The van der Waals surface area contributed by atoms with Crippen molar-refractivity contribution >= 4 is 5.91 Å². The molecule has 1 heterocycles. The van der Waals surface area contributed by atoms with Crippen LogP contribution in [0.4, 0.5) is 0 Å². The van der Waals surface area contributed by atoms with Crippen molar-refractivity contribution in [3.05, 3.63) is 59.4 Å². The Bertz CT molecular complexity index is 613. The number of aromatic nitrogens is 1. The zero-order valence-corrected chi connectivity index (χ0v) is 12.0. The van der Waals surface area contributed by atoms with Crippen LogP contribution in [0.5, 0.6) is 5.75 Å². The summed E-state index contributed by atoms with van der Waals surface area (Å²) in [5.41, 5.74) is 6.20. The maximum atomic E-state index is 11.0. The van der Waals surface area contributed by atoms with Crippen LogP contribution in [-0.2, 0) is 12.2 Å². The monoisotopic (exact) mass is 286 g/mol. The molecule has 0 aliphatic carbocycles. The average Bonchev–Trinajstić information content (AvgIpc) is 2.45. The fourth-order valence-corrected chi connectivity index (χ4v) is 1.74. The Morgan fingerprint density at radius 2 is 1.90 bits per heavy atom. The van der Waals surface area contributed by atoms with Crippen LogP contribution in [0, 0.1) is 0 Å². The molecule has 0 fully saturated rings. The lowest BCUT2D eigenvalue weighted by atomic mass is 10.0. The van der Waals surface area contributed by atoms with Gasteiger partial charge in [0.2, 0.25) is 5.91 Å². The second-order valence-corrected chi connectivity index (χ2v) is 5.27. The minimum absolute atomic E-state index is 0.308. The van der Waals surface area contributed by atoms with Crippen LogP contribution in [-0.4, -0.2) is 16.0 Å². The van der Waals surface area contributed by atoms with E-state index in [4.69, 9.17) is 10.5 Å². The fraction of sp³-hybridized carbons (Fsp3) is 0.250. The predicted octanol–water partition coefficient (Wildman–Crippen LogP) is 1.99. The molecule has 0 atom stereocenters. The highest BCUT2D eigenvalue weighted by Crippen LogP contribution is 2.19. The highest BCUT2D eigenvalue weighted by molar-refractivity contribution is 5.92. The third kappa shape index (κ3) is 4.03. The van der Waals surface area contributed by atoms with Gasteiger partial charge in [0.25, 0.3) is 0 Å². The minimum atomic E-state index is -0.906. The van der Waals surface area contributed by atoms with Gasteiger partial charge in [0.05, 0.1) is 11.3 Å². The van der Waals surface area contributed by atoms with E-state index in [1.807, 2.05) is 12.1 Å². The number of benzene rings is 1. The van der Waals surface area contributed by atoms with E-state index in [0.29, 0.717) is 17.9 Å². The van der Waals surface area contributed by atoms with Crippen LogP contribution in [0.1, 0.15) is 35.5 Å². The van der Waals surface area contributed by atoms with Crippen molar-refractivity contribution in [3.63, 3.8) is 0 Å². The van der Waals surface area contributed by atoms with E-state index in [2.05, 4.69) is 4.98 Å². The summed E-state index contributed by atoms with van der Waals surface area (Å²) in [7, 11) is 0. The Balaban J connectivity index is 1.98. The van der Waals surface area contributed by atoms with E-state index in [0.717, 1.165) is 11.3 Å². The van der Waals surface area contributed by atoms with Crippen molar-refractivity contribution in [2.45, 2.75) is 26.1 Å². The first kappa shape index (κ1) is 15.0. The summed E-state index contributed by atoms with van der Waals surface area (Å²) < 4.78 is 5.58. The number of pyridine rings is 1. The second kappa shape index (κ2) is 5.93. The summed E-state index contributed by atoms with van der Waals surface area (Å²) in [5.74, 6) is 0.166. The van der Waals surface area contributed by atoms with Crippen LogP contribution in [0.25, 0.3) is 0 Å². The zero-order chi connectivity index (χ0) is 15.5. The normalized spacial score (nSPS) is 11.2. The van der Waals surface area contributed by atoms with Gasteiger partial charge in [0.15, 0.2) is 0 Å². The van der Waals surface area contributed by atoms with Gasteiger partial charge >= 0.3 is 0 Å². The Morgan fingerprint density at radius 1 is 1.24 bits per heavy atom. The molecule has 1 aromatic carbocycles. The van der Waals surface area contributed by atoms with Crippen molar-refractivity contribution in [3.8, 4) is 5.75 Å². The van der Waals surface area contributed by atoms with Gasteiger partial charge in [-0.15, -0.1) is 0 Å². The maximum absolute atomic E-state index is 11.0. The number of carbonyl (C=O) groups excluding carboxylic acids is 1. The molecule has 2 rings (SSSR count). The van der Waals surface area contributed by atoms with Crippen LogP contribution in [0.2, 0.25) is 0 Å². The summed E-state index contributed by atoms with van der Waals surface area (Å²) in [6.07, 6.45) is 1.63. The van der Waals surface area contributed by atoms with Crippen LogP contribution >= 0.6 is 0 Å². The molecule has 0 aliphatic heterocycles. The van der Waals surface area contributed by atoms with Gasteiger partial charge in [-0.05, 0) is 44.2 Å². The number of carbonyl (C=O) groups is 1. The highest BCUT2D eigenvalue weighted by Gasteiger charge is 2.15. The number of aliphatic hydroxyl groups is 1. The molecule has 0 saturated carbocycles. The van der Waals surface area contributed by atoms with Crippen molar-refractivity contribution in [2.24, 2.45) is 5.73 Å². The SMILES string of the molecule is CC(C)(O)c1ccc(COc2ccc(C(N)=O)cc2)nc1. The minimum Gasteiger partial charge on any atom is -0.487 e.